The van der Waals surface area contributed by atoms with Gasteiger partial charge in [0, 0.05) is 32.5 Å². The lowest BCUT2D eigenvalue weighted by molar-refractivity contribution is -0.0770. The quantitative estimate of drug-likeness (QED) is 0.608. The van der Waals surface area contributed by atoms with Crippen LogP contribution in [-0.2, 0) is 26.2 Å². The molecule has 0 aromatic heterocycles. The maximum atomic E-state index is 10.2. The summed E-state index contributed by atoms with van der Waals surface area (Å²) in [6.07, 6.45) is -0.608. The molecule has 0 aromatic rings. The molecule has 9 heteroatoms. The highest BCUT2D eigenvalue weighted by Crippen LogP contribution is 2.23. The first-order chi connectivity index (χ1) is 9.08. The van der Waals surface area contributed by atoms with Crippen molar-refractivity contribution in [2.24, 2.45) is 0 Å². The van der Waals surface area contributed by atoms with Crippen molar-refractivity contribution in [1.29, 1.82) is 0 Å². The summed E-state index contributed by atoms with van der Waals surface area (Å²) in [5.74, 6) is 0. The zero-order chi connectivity index (χ0) is 16.0. The van der Waals surface area contributed by atoms with Crippen LogP contribution in [0.25, 0.3) is 0 Å². The average molecular weight is 329 g/mol. The standard InChI is InChI=1S/C11H28O7Si2/c1-9(2)15-20(16-10(3)4,17-11(5)6)18-19(12,13-7)14-8/h9-12H,1-8H3. The highest BCUT2D eigenvalue weighted by Gasteiger charge is 2.58. The van der Waals surface area contributed by atoms with E-state index in [0.29, 0.717) is 0 Å². The van der Waals surface area contributed by atoms with Gasteiger partial charge >= 0.3 is 18.1 Å². The fourth-order valence-electron chi connectivity index (χ4n) is 1.35. The molecule has 7 nitrogen and oxygen atoms in total. The third kappa shape index (κ3) is 7.24. The third-order valence-corrected chi connectivity index (χ3v) is 7.25. The largest absolute Gasteiger partial charge is 0.674 e. The Hall–Kier alpha value is 0.154. The van der Waals surface area contributed by atoms with E-state index in [2.05, 4.69) is 0 Å². The van der Waals surface area contributed by atoms with Crippen molar-refractivity contribution in [1.82, 2.24) is 0 Å². The van der Waals surface area contributed by atoms with Crippen LogP contribution in [0.4, 0.5) is 0 Å². The number of rotatable bonds is 10. The molecule has 0 atom stereocenters. The van der Waals surface area contributed by atoms with Crippen molar-refractivity contribution in [3.8, 4) is 0 Å². The Kier molecular flexibility index (Phi) is 8.63. The Labute approximate surface area is 124 Å². The molecule has 0 fully saturated rings. The molecular formula is C11H28O7Si2. The molecule has 0 spiro atoms. The van der Waals surface area contributed by atoms with Crippen molar-refractivity contribution >= 4 is 18.1 Å². The summed E-state index contributed by atoms with van der Waals surface area (Å²) in [5, 5.41) is 0. The molecule has 0 heterocycles. The monoisotopic (exact) mass is 328 g/mol. The smallest absolute Gasteiger partial charge is 0.368 e. The van der Waals surface area contributed by atoms with Crippen LogP contribution < -0.4 is 0 Å². The predicted octanol–water partition coefficient (Wildman–Crippen LogP) is 1.43. The summed E-state index contributed by atoms with van der Waals surface area (Å²) in [6.45, 7) is 11.0. The molecule has 0 aliphatic heterocycles. The van der Waals surface area contributed by atoms with E-state index in [-0.39, 0.29) is 18.3 Å². The van der Waals surface area contributed by atoms with Crippen molar-refractivity contribution < 1.29 is 31.0 Å². The zero-order valence-electron chi connectivity index (χ0n) is 13.6. The highest BCUT2D eigenvalue weighted by molar-refractivity contribution is 6.67. The van der Waals surface area contributed by atoms with E-state index in [0.717, 1.165) is 0 Å². The Morgan fingerprint density at radius 3 is 1.20 bits per heavy atom. The summed E-state index contributed by atoms with van der Waals surface area (Å²) in [4.78, 5) is 10.2. The fourth-order valence-corrected chi connectivity index (χ4v) is 5.92. The van der Waals surface area contributed by atoms with Crippen LogP contribution in [0, 0.1) is 0 Å². The van der Waals surface area contributed by atoms with Crippen LogP contribution >= 0.6 is 0 Å². The van der Waals surface area contributed by atoms with Crippen LogP contribution in [0.3, 0.4) is 0 Å². The molecule has 0 aliphatic carbocycles. The van der Waals surface area contributed by atoms with Gasteiger partial charge in [0.1, 0.15) is 0 Å². The lowest BCUT2D eigenvalue weighted by atomic mass is 10.5. The van der Waals surface area contributed by atoms with Gasteiger partial charge in [-0.3, -0.25) is 0 Å². The summed E-state index contributed by atoms with van der Waals surface area (Å²) < 4.78 is 32.7. The first kappa shape index (κ1) is 20.2. The molecule has 0 radical (unpaired) electrons. The SMILES string of the molecule is CO[Si](O)(OC)O[Si](OC(C)C)(OC(C)C)OC(C)C. The molecule has 0 bridgehead atoms. The summed E-state index contributed by atoms with van der Waals surface area (Å²) >= 11 is 0. The van der Waals surface area contributed by atoms with Crippen LogP contribution in [0.15, 0.2) is 0 Å². The summed E-state index contributed by atoms with van der Waals surface area (Å²) in [6, 6.07) is 0. The van der Waals surface area contributed by atoms with Gasteiger partial charge in [0.25, 0.3) is 0 Å². The van der Waals surface area contributed by atoms with E-state index in [4.69, 9.17) is 26.2 Å². The Morgan fingerprint density at radius 2 is 1.00 bits per heavy atom. The Bertz CT molecular complexity index is 243. The second-order valence-electron chi connectivity index (χ2n) is 5.03. The Morgan fingerprint density at radius 1 is 0.700 bits per heavy atom. The van der Waals surface area contributed by atoms with Crippen LogP contribution in [-0.4, -0.2) is 55.4 Å². The van der Waals surface area contributed by atoms with E-state index in [1.54, 1.807) is 0 Å². The first-order valence-electron chi connectivity index (χ1n) is 6.64. The lowest BCUT2D eigenvalue weighted by Gasteiger charge is -2.35. The summed E-state index contributed by atoms with van der Waals surface area (Å²) in [7, 11) is -4.85. The minimum Gasteiger partial charge on any atom is -0.368 e. The minimum atomic E-state index is -3.85. The predicted molar refractivity (Wildman–Crippen MR) is 77.5 cm³/mol. The van der Waals surface area contributed by atoms with Crippen molar-refractivity contribution in [2.75, 3.05) is 14.2 Å². The summed E-state index contributed by atoms with van der Waals surface area (Å²) in [5.41, 5.74) is 0. The second-order valence-corrected chi connectivity index (χ2v) is 9.42. The van der Waals surface area contributed by atoms with Gasteiger partial charge in [-0.15, -0.1) is 0 Å². The maximum Gasteiger partial charge on any atom is 0.674 e. The van der Waals surface area contributed by atoms with Gasteiger partial charge in [0.05, 0.1) is 0 Å². The van der Waals surface area contributed by atoms with Gasteiger partial charge in [0.2, 0.25) is 0 Å². The molecule has 0 amide bonds. The van der Waals surface area contributed by atoms with E-state index in [1.807, 2.05) is 41.5 Å². The van der Waals surface area contributed by atoms with E-state index in [1.165, 1.54) is 14.2 Å². The van der Waals surface area contributed by atoms with Gasteiger partial charge in [0.15, 0.2) is 0 Å². The molecule has 0 aliphatic rings. The van der Waals surface area contributed by atoms with Gasteiger partial charge < -0.3 is 31.0 Å². The van der Waals surface area contributed by atoms with Crippen molar-refractivity contribution in [3.05, 3.63) is 0 Å². The minimum absolute atomic E-state index is 0.203. The molecule has 122 valence electrons. The van der Waals surface area contributed by atoms with Gasteiger partial charge in [-0.05, 0) is 41.5 Å². The van der Waals surface area contributed by atoms with Gasteiger partial charge in [-0.2, -0.15) is 0 Å². The van der Waals surface area contributed by atoms with Crippen molar-refractivity contribution in [3.63, 3.8) is 0 Å². The molecular weight excluding hydrogens is 300 g/mol. The molecule has 20 heavy (non-hydrogen) atoms. The Balaban J connectivity index is 5.34. The fraction of sp³-hybridized carbons (Fsp3) is 1.00. The van der Waals surface area contributed by atoms with Crippen LogP contribution in [0.1, 0.15) is 41.5 Å². The molecule has 0 unspecified atom stereocenters. The van der Waals surface area contributed by atoms with E-state index >= 15 is 0 Å². The van der Waals surface area contributed by atoms with Gasteiger partial charge in [-0.1, -0.05) is 0 Å². The number of hydrogen-bond donors (Lipinski definition) is 1. The van der Waals surface area contributed by atoms with Gasteiger partial charge in [-0.25, -0.2) is 0 Å². The normalized spacial score (nSPS) is 13.8. The zero-order valence-corrected chi connectivity index (χ0v) is 15.6. The van der Waals surface area contributed by atoms with Crippen molar-refractivity contribution in [2.45, 2.75) is 59.9 Å². The molecule has 0 saturated heterocycles. The van der Waals surface area contributed by atoms with E-state index in [9.17, 15) is 4.80 Å². The molecule has 1 N–H and O–H groups in total. The van der Waals surface area contributed by atoms with Crippen LogP contribution in [0.5, 0.6) is 0 Å². The maximum absolute atomic E-state index is 10.2. The topological polar surface area (TPSA) is 75.6 Å². The molecule has 0 rings (SSSR count). The first-order valence-corrected chi connectivity index (χ1v) is 9.95. The molecule has 0 saturated carbocycles. The van der Waals surface area contributed by atoms with E-state index < -0.39 is 18.1 Å². The number of hydrogen-bond acceptors (Lipinski definition) is 7. The average Bonchev–Trinajstić information content (AvgIpc) is 2.25. The third-order valence-electron chi connectivity index (χ3n) is 1.91. The molecule has 0 aromatic carbocycles. The van der Waals surface area contributed by atoms with Crippen LogP contribution in [0.2, 0.25) is 0 Å². The highest BCUT2D eigenvalue weighted by atomic mass is 28.5. The second kappa shape index (κ2) is 8.56. The lowest BCUT2D eigenvalue weighted by Crippen LogP contribution is -2.62.